The van der Waals surface area contributed by atoms with Gasteiger partial charge >= 0.3 is 0 Å². The summed E-state index contributed by atoms with van der Waals surface area (Å²) >= 11 is 2.05. The molecule has 0 spiro atoms. The fourth-order valence-electron chi connectivity index (χ4n) is 3.89. The van der Waals surface area contributed by atoms with Crippen LogP contribution in [0, 0.1) is 0 Å². The van der Waals surface area contributed by atoms with Gasteiger partial charge in [-0.15, -0.1) is 0 Å². The molecule has 0 aromatic heterocycles. The lowest BCUT2D eigenvalue weighted by molar-refractivity contribution is 0.0954. The quantitative estimate of drug-likeness (QED) is 0.723. The molecule has 140 valence electrons. The van der Waals surface area contributed by atoms with E-state index in [0.29, 0.717) is 6.04 Å². The third-order valence-corrected chi connectivity index (χ3v) is 11.5. The van der Waals surface area contributed by atoms with Crippen molar-refractivity contribution in [3.8, 4) is 0 Å². The third-order valence-electron chi connectivity index (χ3n) is 5.37. The molecule has 1 aliphatic rings. The molecule has 4 heteroatoms. The highest BCUT2D eigenvalue weighted by Gasteiger charge is 2.50. The molecule has 3 rings (SSSR count). The number of hydrogen-bond acceptors (Lipinski definition) is 3. The molecule has 0 radical (unpaired) electrons. The summed E-state index contributed by atoms with van der Waals surface area (Å²) in [4.78, 5) is 2.51. The minimum Gasteiger partial charge on any atom is -0.395 e. The fraction of sp³-hybridized carbons (Fsp3) is 0.455. The fourth-order valence-corrected chi connectivity index (χ4v) is 9.49. The minimum atomic E-state index is -2.41. The van der Waals surface area contributed by atoms with Gasteiger partial charge in [0.25, 0.3) is 8.32 Å². The molecule has 2 aromatic carbocycles. The summed E-state index contributed by atoms with van der Waals surface area (Å²) in [6, 6.07) is 22.4. The Balaban J connectivity index is 2.02. The first-order chi connectivity index (χ1) is 12.4. The Morgan fingerprint density at radius 2 is 1.54 bits per heavy atom. The predicted octanol–water partition coefficient (Wildman–Crippen LogP) is 3.96. The van der Waals surface area contributed by atoms with Gasteiger partial charge in [-0.25, -0.2) is 0 Å². The van der Waals surface area contributed by atoms with Gasteiger partial charge in [0.05, 0.1) is 6.73 Å². The van der Waals surface area contributed by atoms with Crippen molar-refractivity contribution in [3.05, 3.63) is 60.7 Å². The van der Waals surface area contributed by atoms with E-state index in [-0.39, 0.29) is 5.04 Å². The summed E-state index contributed by atoms with van der Waals surface area (Å²) in [5, 5.41) is 2.76. The van der Waals surface area contributed by atoms with E-state index in [1.807, 2.05) is 0 Å². The van der Waals surface area contributed by atoms with E-state index in [1.54, 1.807) is 0 Å². The van der Waals surface area contributed by atoms with Crippen molar-refractivity contribution in [2.45, 2.75) is 38.8 Å². The van der Waals surface area contributed by atoms with Crippen LogP contribution in [-0.4, -0.2) is 44.0 Å². The summed E-state index contributed by atoms with van der Waals surface area (Å²) in [6.45, 7) is 11.2. The van der Waals surface area contributed by atoms with E-state index >= 15 is 0 Å². The van der Waals surface area contributed by atoms with Gasteiger partial charge in [0.1, 0.15) is 0 Å². The zero-order valence-corrected chi connectivity index (χ0v) is 18.3. The molecule has 2 aromatic rings. The molecule has 1 saturated heterocycles. The lowest BCUT2D eigenvalue weighted by atomic mass is 10.2. The molecule has 1 heterocycles. The van der Waals surface area contributed by atoms with Crippen LogP contribution in [0.1, 0.15) is 27.7 Å². The molecule has 0 bridgehead atoms. The predicted molar refractivity (Wildman–Crippen MR) is 117 cm³/mol. The van der Waals surface area contributed by atoms with Crippen LogP contribution in [0.2, 0.25) is 5.04 Å². The molecule has 1 unspecified atom stereocenters. The molecule has 0 saturated carbocycles. The van der Waals surface area contributed by atoms with Gasteiger partial charge in [-0.1, -0.05) is 81.4 Å². The lowest BCUT2D eigenvalue weighted by Gasteiger charge is -2.45. The van der Waals surface area contributed by atoms with Gasteiger partial charge in [0.15, 0.2) is 0 Å². The molecule has 1 fully saturated rings. The van der Waals surface area contributed by atoms with E-state index in [1.165, 1.54) is 21.9 Å². The summed E-state index contributed by atoms with van der Waals surface area (Å²) in [5.41, 5.74) is 0. The molecule has 0 aliphatic carbocycles. The van der Waals surface area contributed by atoms with Crippen LogP contribution in [0.3, 0.4) is 0 Å². The van der Waals surface area contributed by atoms with Crippen molar-refractivity contribution in [1.29, 1.82) is 0 Å². The second-order valence-corrected chi connectivity index (χ2v) is 13.6. The van der Waals surface area contributed by atoms with Gasteiger partial charge < -0.3 is 4.43 Å². The molecule has 2 nitrogen and oxygen atoms in total. The molecule has 1 atom stereocenters. The van der Waals surface area contributed by atoms with Gasteiger partial charge in [-0.3, -0.25) is 4.90 Å². The number of nitrogens with zero attached hydrogens (tertiary/aromatic N) is 1. The van der Waals surface area contributed by atoms with Crippen molar-refractivity contribution >= 4 is 30.5 Å². The maximum atomic E-state index is 7.03. The Morgan fingerprint density at radius 1 is 1.00 bits per heavy atom. The average molecular weight is 386 g/mol. The van der Waals surface area contributed by atoms with E-state index < -0.39 is 8.32 Å². The highest BCUT2D eigenvalue weighted by molar-refractivity contribution is 7.99. The SMILES string of the molecule is CC1CSCCN1CO[Si](c1ccccc1)(c1ccccc1)C(C)(C)C. The number of thioether (sulfide) groups is 1. The Bertz CT molecular complexity index is 647. The first kappa shape index (κ1) is 19.7. The summed E-state index contributed by atoms with van der Waals surface area (Å²) in [7, 11) is -2.41. The van der Waals surface area contributed by atoms with Gasteiger partial charge in [-0.2, -0.15) is 11.8 Å². The first-order valence-corrected chi connectivity index (χ1v) is 12.6. The average Bonchev–Trinajstić information content (AvgIpc) is 2.64. The van der Waals surface area contributed by atoms with Crippen molar-refractivity contribution in [3.63, 3.8) is 0 Å². The molecule has 1 aliphatic heterocycles. The van der Waals surface area contributed by atoms with Crippen LogP contribution in [0.15, 0.2) is 60.7 Å². The third kappa shape index (κ3) is 3.94. The summed E-state index contributed by atoms with van der Waals surface area (Å²) in [6.07, 6.45) is 0. The molecular weight excluding hydrogens is 354 g/mol. The van der Waals surface area contributed by atoms with Crippen LogP contribution < -0.4 is 10.4 Å². The van der Waals surface area contributed by atoms with E-state index in [4.69, 9.17) is 4.43 Å². The Labute approximate surface area is 164 Å². The second-order valence-electron chi connectivity index (χ2n) is 8.17. The van der Waals surface area contributed by atoms with Gasteiger partial charge in [0, 0.05) is 24.1 Å². The Hall–Kier alpha value is -1.07. The van der Waals surface area contributed by atoms with Gasteiger partial charge in [-0.05, 0) is 22.3 Å². The Kier molecular flexibility index (Phi) is 6.28. The molecule has 26 heavy (non-hydrogen) atoms. The maximum absolute atomic E-state index is 7.03. The highest BCUT2D eigenvalue weighted by Crippen LogP contribution is 2.37. The van der Waals surface area contributed by atoms with E-state index in [0.717, 1.165) is 13.3 Å². The number of rotatable bonds is 5. The first-order valence-electron chi connectivity index (χ1n) is 9.52. The van der Waals surface area contributed by atoms with Crippen LogP contribution in [0.25, 0.3) is 0 Å². The van der Waals surface area contributed by atoms with Gasteiger partial charge in [0.2, 0.25) is 0 Å². The molecule has 0 amide bonds. The smallest absolute Gasteiger partial charge is 0.262 e. The number of benzene rings is 2. The van der Waals surface area contributed by atoms with E-state index in [9.17, 15) is 0 Å². The minimum absolute atomic E-state index is 0.0451. The largest absolute Gasteiger partial charge is 0.395 e. The topological polar surface area (TPSA) is 12.5 Å². The highest BCUT2D eigenvalue weighted by atomic mass is 32.2. The van der Waals surface area contributed by atoms with Crippen molar-refractivity contribution < 1.29 is 4.43 Å². The molecule has 0 N–H and O–H groups in total. The Morgan fingerprint density at radius 3 is 2.00 bits per heavy atom. The zero-order chi connectivity index (χ0) is 18.6. The number of hydrogen-bond donors (Lipinski definition) is 0. The standard InChI is InChI=1S/C22H31NOSSi/c1-19-17-25-16-15-23(19)18-24-26(22(2,3)4,20-11-7-5-8-12-20)21-13-9-6-10-14-21/h5-14,19H,15-18H2,1-4H3. The molecular formula is C22H31NOSSi. The monoisotopic (exact) mass is 385 g/mol. The summed E-state index contributed by atoms with van der Waals surface area (Å²) < 4.78 is 7.03. The van der Waals surface area contributed by atoms with Crippen LogP contribution >= 0.6 is 11.8 Å². The lowest BCUT2D eigenvalue weighted by Crippen LogP contribution is -2.67. The summed E-state index contributed by atoms with van der Waals surface area (Å²) in [5.74, 6) is 2.40. The van der Waals surface area contributed by atoms with Crippen LogP contribution in [0.5, 0.6) is 0 Å². The van der Waals surface area contributed by atoms with Crippen LogP contribution in [0.4, 0.5) is 0 Å². The van der Waals surface area contributed by atoms with Crippen molar-refractivity contribution in [2.75, 3.05) is 24.8 Å². The second kappa shape index (κ2) is 8.30. The van der Waals surface area contributed by atoms with Crippen molar-refractivity contribution in [1.82, 2.24) is 4.90 Å². The maximum Gasteiger partial charge on any atom is 0.262 e. The normalized spacial score (nSPS) is 19.5. The zero-order valence-electron chi connectivity index (χ0n) is 16.4. The van der Waals surface area contributed by atoms with E-state index in [2.05, 4.69) is 105 Å². The van der Waals surface area contributed by atoms with Crippen molar-refractivity contribution in [2.24, 2.45) is 0 Å². The van der Waals surface area contributed by atoms with Crippen LogP contribution in [-0.2, 0) is 4.43 Å².